The van der Waals surface area contributed by atoms with E-state index in [1.165, 1.54) is 57.8 Å². The molecule has 0 rings (SSSR count). The van der Waals surface area contributed by atoms with E-state index in [9.17, 15) is 9.59 Å². The number of ether oxygens (including phenoxy) is 1. The number of hydrogen-bond donors (Lipinski definition) is 1. The van der Waals surface area contributed by atoms with Gasteiger partial charge in [-0.25, -0.2) is 0 Å². The van der Waals surface area contributed by atoms with Crippen molar-refractivity contribution >= 4 is 11.9 Å². The average molecular weight is 358 g/mol. The minimum atomic E-state index is -0.788. The molecule has 148 valence electrons. The van der Waals surface area contributed by atoms with Crippen molar-refractivity contribution in [2.45, 2.75) is 90.9 Å². The fourth-order valence-electron chi connectivity index (χ4n) is 2.89. The molecular formula is C20H39NO4. The molecule has 0 radical (unpaired) electrons. The van der Waals surface area contributed by atoms with Gasteiger partial charge in [0.15, 0.2) is 0 Å². The van der Waals surface area contributed by atoms with Crippen LogP contribution in [-0.4, -0.2) is 48.2 Å². The SMILES string of the molecule is CCCCCCCCCCCCN(CCC(=O)O)CCC(=O)OCC. The third-order valence-electron chi connectivity index (χ3n) is 4.41. The number of esters is 1. The second-order valence-corrected chi connectivity index (χ2v) is 6.72. The number of carbonyl (C=O) groups is 2. The van der Waals surface area contributed by atoms with Crippen LogP contribution in [0.2, 0.25) is 0 Å². The van der Waals surface area contributed by atoms with Crippen LogP contribution in [0.3, 0.4) is 0 Å². The van der Waals surface area contributed by atoms with E-state index in [0.717, 1.165) is 13.0 Å². The Kier molecular flexibility index (Phi) is 16.9. The summed E-state index contributed by atoms with van der Waals surface area (Å²) in [5, 5.41) is 8.85. The normalized spacial score (nSPS) is 11.0. The van der Waals surface area contributed by atoms with Crippen LogP contribution in [0.4, 0.5) is 0 Å². The molecule has 0 saturated heterocycles. The predicted octanol–water partition coefficient (Wildman–Crippen LogP) is 4.64. The van der Waals surface area contributed by atoms with Crippen molar-refractivity contribution in [3.05, 3.63) is 0 Å². The van der Waals surface area contributed by atoms with Gasteiger partial charge in [-0.3, -0.25) is 9.59 Å². The lowest BCUT2D eigenvalue weighted by Gasteiger charge is -2.21. The van der Waals surface area contributed by atoms with Crippen molar-refractivity contribution < 1.29 is 19.4 Å². The zero-order chi connectivity index (χ0) is 18.8. The molecule has 5 heteroatoms. The number of carbonyl (C=O) groups excluding carboxylic acids is 1. The number of carboxylic acids is 1. The van der Waals surface area contributed by atoms with E-state index >= 15 is 0 Å². The van der Waals surface area contributed by atoms with Gasteiger partial charge in [0.1, 0.15) is 0 Å². The predicted molar refractivity (Wildman–Crippen MR) is 102 cm³/mol. The first kappa shape index (κ1) is 23.9. The van der Waals surface area contributed by atoms with Crippen LogP contribution < -0.4 is 0 Å². The fourth-order valence-corrected chi connectivity index (χ4v) is 2.89. The molecule has 0 aliphatic rings. The third-order valence-corrected chi connectivity index (χ3v) is 4.41. The molecule has 0 fully saturated rings. The summed E-state index contributed by atoms with van der Waals surface area (Å²) in [4.78, 5) is 24.3. The summed E-state index contributed by atoms with van der Waals surface area (Å²) in [6.07, 6.45) is 13.3. The second-order valence-electron chi connectivity index (χ2n) is 6.72. The van der Waals surface area contributed by atoms with E-state index in [1.807, 2.05) is 0 Å². The summed E-state index contributed by atoms with van der Waals surface area (Å²) >= 11 is 0. The van der Waals surface area contributed by atoms with Crippen molar-refractivity contribution in [2.24, 2.45) is 0 Å². The quantitative estimate of drug-likeness (QED) is 0.286. The van der Waals surface area contributed by atoms with Crippen LogP contribution in [0.15, 0.2) is 0 Å². The molecule has 0 amide bonds. The van der Waals surface area contributed by atoms with Gasteiger partial charge < -0.3 is 14.7 Å². The number of unbranched alkanes of at least 4 members (excludes halogenated alkanes) is 9. The highest BCUT2D eigenvalue weighted by atomic mass is 16.5. The highest BCUT2D eigenvalue weighted by Crippen LogP contribution is 2.11. The molecule has 0 atom stereocenters. The van der Waals surface area contributed by atoms with Crippen LogP contribution in [0.1, 0.15) is 90.9 Å². The van der Waals surface area contributed by atoms with Gasteiger partial charge in [0.2, 0.25) is 0 Å². The maximum Gasteiger partial charge on any atom is 0.307 e. The lowest BCUT2D eigenvalue weighted by atomic mass is 10.1. The molecule has 0 aliphatic carbocycles. The zero-order valence-electron chi connectivity index (χ0n) is 16.4. The molecule has 0 unspecified atom stereocenters. The highest BCUT2D eigenvalue weighted by Gasteiger charge is 2.10. The van der Waals surface area contributed by atoms with Crippen molar-refractivity contribution in [1.82, 2.24) is 4.90 Å². The minimum Gasteiger partial charge on any atom is -0.481 e. The van der Waals surface area contributed by atoms with Crippen LogP contribution in [0.5, 0.6) is 0 Å². The molecule has 0 heterocycles. The van der Waals surface area contributed by atoms with Gasteiger partial charge >= 0.3 is 11.9 Å². The Hall–Kier alpha value is -1.10. The first-order chi connectivity index (χ1) is 12.1. The maximum atomic E-state index is 11.5. The van der Waals surface area contributed by atoms with E-state index in [1.54, 1.807) is 6.92 Å². The number of hydrogen-bond acceptors (Lipinski definition) is 4. The number of carboxylic acid groups (broad SMARTS) is 1. The molecule has 0 aromatic carbocycles. The van der Waals surface area contributed by atoms with Crippen LogP contribution in [0, 0.1) is 0 Å². The summed E-state index contributed by atoms with van der Waals surface area (Å²) < 4.78 is 4.94. The Morgan fingerprint density at radius 2 is 1.28 bits per heavy atom. The average Bonchev–Trinajstić information content (AvgIpc) is 2.58. The van der Waals surface area contributed by atoms with Crippen molar-refractivity contribution in [1.29, 1.82) is 0 Å². The van der Waals surface area contributed by atoms with Crippen molar-refractivity contribution in [3.8, 4) is 0 Å². The number of rotatable bonds is 18. The Labute approximate surface area is 154 Å². The molecule has 0 bridgehead atoms. The Balaban J connectivity index is 3.74. The summed E-state index contributed by atoms with van der Waals surface area (Å²) in [6.45, 7) is 6.39. The molecule has 5 nitrogen and oxygen atoms in total. The first-order valence-corrected chi connectivity index (χ1v) is 10.2. The van der Waals surface area contributed by atoms with Crippen molar-refractivity contribution in [3.63, 3.8) is 0 Å². The second kappa shape index (κ2) is 17.7. The largest absolute Gasteiger partial charge is 0.481 e. The lowest BCUT2D eigenvalue weighted by molar-refractivity contribution is -0.143. The van der Waals surface area contributed by atoms with E-state index < -0.39 is 5.97 Å². The molecule has 25 heavy (non-hydrogen) atoms. The van der Waals surface area contributed by atoms with Gasteiger partial charge in [-0.1, -0.05) is 64.7 Å². The highest BCUT2D eigenvalue weighted by molar-refractivity contribution is 5.69. The number of aliphatic carboxylic acids is 1. The van der Waals surface area contributed by atoms with Crippen molar-refractivity contribution in [2.75, 3.05) is 26.2 Å². The Morgan fingerprint density at radius 3 is 1.80 bits per heavy atom. The monoisotopic (exact) mass is 357 g/mol. The van der Waals surface area contributed by atoms with Gasteiger partial charge in [0, 0.05) is 13.1 Å². The molecular weight excluding hydrogens is 318 g/mol. The summed E-state index contributed by atoms with van der Waals surface area (Å²) in [7, 11) is 0. The van der Waals surface area contributed by atoms with E-state index in [2.05, 4.69) is 11.8 Å². The van der Waals surface area contributed by atoms with Gasteiger partial charge in [-0.05, 0) is 19.9 Å². The smallest absolute Gasteiger partial charge is 0.307 e. The number of nitrogens with zero attached hydrogens (tertiary/aromatic N) is 1. The van der Waals surface area contributed by atoms with Gasteiger partial charge in [-0.2, -0.15) is 0 Å². The van der Waals surface area contributed by atoms with E-state index in [0.29, 0.717) is 26.1 Å². The zero-order valence-corrected chi connectivity index (χ0v) is 16.4. The van der Waals surface area contributed by atoms with Crippen LogP contribution in [-0.2, 0) is 14.3 Å². The summed E-state index contributed by atoms with van der Waals surface area (Å²) in [6, 6.07) is 0. The summed E-state index contributed by atoms with van der Waals surface area (Å²) in [5.74, 6) is -0.991. The maximum absolute atomic E-state index is 11.5. The Bertz CT molecular complexity index is 334. The summed E-state index contributed by atoms with van der Waals surface area (Å²) in [5.41, 5.74) is 0. The van der Waals surface area contributed by atoms with Crippen LogP contribution in [0.25, 0.3) is 0 Å². The fraction of sp³-hybridized carbons (Fsp3) is 0.900. The van der Waals surface area contributed by atoms with Crippen LogP contribution >= 0.6 is 0 Å². The standard InChI is InChI=1S/C20H39NO4/c1-3-5-6-7-8-9-10-11-12-13-16-21(17-14-19(22)23)18-15-20(24)25-4-2/h3-18H2,1-2H3,(H,22,23). The molecule has 1 N–H and O–H groups in total. The molecule has 0 aliphatic heterocycles. The third kappa shape index (κ3) is 17.5. The Morgan fingerprint density at radius 1 is 0.760 bits per heavy atom. The topological polar surface area (TPSA) is 66.8 Å². The lowest BCUT2D eigenvalue weighted by Crippen LogP contribution is -2.30. The first-order valence-electron chi connectivity index (χ1n) is 10.2. The molecule has 0 saturated carbocycles. The van der Waals surface area contributed by atoms with Gasteiger partial charge in [0.05, 0.1) is 19.4 Å². The van der Waals surface area contributed by atoms with Gasteiger partial charge in [-0.15, -0.1) is 0 Å². The van der Waals surface area contributed by atoms with E-state index in [4.69, 9.17) is 9.84 Å². The molecule has 0 spiro atoms. The van der Waals surface area contributed by atoms with Gasteiger partial charge in [0.25, 0.3) is 0 Å². The minimum absolute atomic E-state index is 0.126. The molecule has 0 aromatic heterocycles. The van der Waals surface area contributed by atoms with E-state index in [-0.39, 0.29) is 12.4 Å². The molecule has 0 aromatic rings.